The molecule has 0 radical (unpaired) electrons. The van der Waals surface area contributed by atoms with Crippen LogP contribution in [0.4, 0.5) is 11.5 Å². The second-order valence-corrected chi connectivity index (χ2v) is 6.82. The average molecular weight is 390 g/mol. The normalized spacial score (nSPS) is 17.8. The van der Waals surface area contributed by atoms with E-state index in [-0.39, 0.29) is 29.8 Å². The van der Waals surface area contributed by atoms with E-state index in [1.807, 2.05) is 24.3 Å². The molecule has 0 spiro atoms. The molecule has 24 heavy (non-hydrogen) atoms. The summed E-state index contributed by atoms with van der Waals surface area (Å²) in [5.74, 6) is 0.00994. The van der Waals surface area contributed by atoms with E-state index >= 15 is 0 Å². The molecule has 6 nitrogen and oxygen atoms in total. The van der Waals surface area contributed by atoms with Gasteiger partial charge in [0, 0.05) is 31.2 Å². The van der Waals surface area contributed by atoms with Crippen LogP contribution >= 0.6 is 15.9 Å². The summed E-state index contributed by atoms with van der Waals surface area (Å²) in [6.45, 7) is 1.77. The molecular weight excluding hydrogens is 370 g/mol. The maximum Gasteiger partial charge on any atom is 0.189 e. The van der Waals surface area contributed by atoms with Crippen LogP contribution in [-0.4, -0.2) is 34.9 Å². The summed E-state index contributed by atoms with van der Waals surface area (Å²) in [7, 11) is 0. The molecule has 1 fully saturated rings. The summed E-state index contributed by atoms with van der Waals surface area (Å²) in [6.07, 6.45) is 3.82. The standard InChI is InChI=1S/C17H20BrN5O/c18-15-9-21-17(20)16(22-15)14(24)8-11-4-1-2-6-13(11)23-7-3-5-12(19)10-23/h1-2,4,6,9,12H,3,5,7-8,10,19H2,(H2,20,21). The lowest BCUT2D eigenvalue weighted by Gasteiger charge is -2.34. The first-order valence-electron chi connectivity index (χ1n) is 7.94. The van der Waals surface area contributed by atoms with Gasteiger partial charge >= 0.3 is 0 Å². The van der Waals surface area contributed by atoms with Gasteiger partial charge in [0.25, 0.3) is 0 Å². The number of anilines is 2. The molecule has 1 aliphatic heterocycles. The number of hydrogen-bond donors (Lipinski definition) is 2. The van der Waals surface area contributed by atoms with Crippen LogP contribution in [0.25, 0.3) is 0 Å². The molecule has 1 unspecified atom stereocenters. The number of ketones is 1. The molecule has 2 aromatic rings. The number of nitrogens with two attached hydrogens (primary N) is 2. The van der Waals surface area contributed by atoms with Gasteiger partial charge in [-0.1, -0.05) is 18.2 Å². The zero-order chi connectivity index (χ0) is 17.1. The van der Waals surface area contributed by atoms with Gasteiger partial charge in [0.1, 0.15) is 10.3 Å². The number of Topliss-reactive ketones (excluding diaryl/α,β-unsaturated/α-hetero) is 1. The van der Waals surface area contributed by atoms with Gasteiger partial charge in [0.15, 0.2) is 11.6 Å². The fourth-order valence-corrected chi connectivity index (χ4v) is 3.32. The Hall–Kier alpha value is -1.99. The van der Waals surface area contributed by atoms with Gasteiger partial charge in [-0.3, -0.25) is 4.79 Å². The molecule has 126 valence electrons. The van der Waals surface area contributed by atoms with Gasteiger partial charge in [-0.15, -0.1) is 0 Å². The lowest BCUT2D eigenvalue weighted by molar-refractivity contribution is 0.0988. The van der Waals surface area contributed by atoms with Gasteiger partial charge in [-0.25, -0.2) is 9.97 Å². The Labute approximate surface area is 149 Å². The Morgan fingerprint density at radius 1 is 1.38 bits per heavy atom. The fraction of sp³-hybridized carbons (Fsp3) is 0.353. The van der Waals surface area contributed by atoms with E-state index in [2.05, 4.69) is 30.8 Å². The van der Waals surface area contributed by atoms with Crippen LogP contribution in [0.3, 0.4) is 0 Å². The van der Waals surface area contributed by atoms with Gasteiger partial charge in [-0.2, -0.15) is 0 Å². The third-order valence-corrected chi connectivity index (χ3v) is 4.56. The van der Waals surface area contributed by atoms with Crippen molar-refractivity contribution in [1.82, 2.24) is 9.97 Å². The van der Waals surface area contributed by atoms with E-state index in [4.69, 9.17) is 11.5 Å². The Bertz CT molecular complexity index is 752. The molecule has 0 amide bonds. The van der Waals surface area contributed by atoms with Gasteiger partial charge in [0.2, 0.25) is 0 Å². The molecule has 1 aliphatic rings. The highest BCUT2D eigenvalue weighted by Gasteiger charge is 2.21. The van der Waals surface area contributed by atoms with Crippen LogP contribution in [0.1, 0.15) is 28.9 Å². The maximum atomic E-state index is 12.6. The van der Waals surface area contributed by atoms with Gasteiger partial charge < -0.3 is 16.4 Å². The fourth-order valence-electron chi connectivity index (χ4n) is 3.04. The number of nitrogens with zero attached hydrogens (tertiary/aromatic N) is 3. The predicted molar refractivity (Wildman–Crippen MR) is 98.0 cm³/mol. The lowest BCUT2D eigenvalue weighted by atomic mass is 10.0. The number of carbonyl (C=O) groups excluding carboxylic acids is 1. The van der Waals surface area contributed by atoms with Crippen molar-refractivity contribution >= 4 is 33.2 Å². The molecule has 2 heterocycles. The Kier molecular flexibility index (Phi) is 5.11. The predicted octanol–water partition coefficient (Wildman–Crippen LogP) is 2.17. The van der Waals surface area contributed by atoms with E-state index < -0.39 is 0 Å². The summed E-state index contributed by atoms with van der Waals surface area (Å²) in [5.41, 5.74) is 14.1. The maximum absolute atomic E-state index is 12.6. The van der Waals surface area contributed by atoms with Crippen molar-refractivity contribution in [3.63, 3.8) is 0 Å². The summed E-state index contributed by atoms with van der Waals surface area (Å²) < 4.78 is 0.496. The minimum absolute atomic E-state index is 0.143. The first kappa shape index (κ1) is 16.9. The van der Waals surface area contributed by atoms with Crippen molar-refractivity contribution in [3.05, 3.63) is 46.3 Å². The van der Waals surface area contributed by atoms with Crippen molar-refractivity contribution in [2.75, 3.05) is 23.7 Å². The molecule has 4 N–H and O–H groups in total. The number of rotatable bonds is 4. The van der Waals surface area contributed by atoms with Crippen molar-refractivity contribution in [2.45, 2.75) is 25.3 Å². The Morgan fingerprint density at radius 3 is 2.96 bits per heavy atom. The molecular formula is C17H20BrN5O. The quantitative estimate of drug-likeness (QED) is 0.777. The summed E-state index contributed by atoms with van der Waals surface area (Å²) in [5, 5.41) is 0. The highest BCUT2D eigenvalue weighted by Crippen LogP contribution is 2.25. The first-order chi connectivity index (χ1) is 11.5. The second kappa shape index (κ2) is 7.27. The minimum atomic E-state index is -0.143. The minimum Gasteiger partial charge on any atom is -0.382 e. The molecule has 0 bridgehead atoms. The van der Waals surface area contributed by atoms with Crippen molar-refractivity contribution in [3.8, 4) is 0 Å². The van der Waals surface area contributed by atoms with Crippen molar-refractivity contribution < 1.29 is 4.79 Å². The Balaban J connectivity index is 1.85. The smallest absolute Gasteiger partial charge is 0.189 e. The molecule has 7 heteroatoms. The molecule has 1 atom stereocenters. The SMILES string of the molecule is Nc1ncc(Br)nc1C(=O)Cc1ccccc1N1CCCC(N)C1. The number of nitrogen functional groups attached to an aromatic ring is 1. The average Bonchev–Trinajstić information content (AvgIpc) is 2.57. The molecule has 0 saturated carbocycles. The number of benzene rings is 1. The number of halogens is 1. The van der Waals surface area contributed by atoms with Crippen LogP contribution in [0.15, 0.2) is 35.1 Å². The summed E-state index contributed by atoms with van der Waals surface area (Å²) in [6, 6.07) is 8.10. The Morgan fingerprint density at radius 2 is 2.17 bits per heavy atom. The summed E-state index contributed by atoms with van der Waals surface area (Å²) >= 11 is 3.23. The summed E-state index contributed by atoms with van der Waals surface area (Å²) in [4.78, 5) is 23.0. The number of hydrogen-bond acceptors (Lipinski definition) is 6. The third-order valence-electron chi connectivity index (χ3n) is 4.18. The first-order valence-corrected chi connectivity index (χ1v) is 8.73. The monoisotopic (exact) mass is 389 g/mol. The van der Waals surface area contributed by atoms with Crippen LogP contribution in [0.5, 0.6) is 0 Å². The lowest BCUT2D eigenvalue weighted by Crippen LogP contribution is -2.43. The molecule has 1 saturated heterocycles. The zero-order valence-electron chi connectivity index (χ0n) is 13.3. The molecule has 1 aromatic heterocycles. The van der Waals surface area contributed by atoms with E-state index in [9.17, 15) is 4.79 Å². The number of piperidine rings is 1. The number of para-hydroxylation sites is 1. The third kappa shape index (κ3) is 3.73. The van der Waals surface area contributed by atoms with Crippen molar-refractivity contribution in [2.24, 2.45) is 5.73 Å². The highest BCUT2D eigenvalue weighted by molar-refractivity contribution is 9.10. The molecule has 1 aromatic carbocycles. The molecule has 3 rings (SSSR count). The second-order valence-electron chi connectivity index (χ2n) is 6.00. The van der Waals surface area contributed by atoms with Crippen LogP contribution in [0, 0.1) is 0 Å². The number of carbonyl (C=O) groups is 1. The topological polar surface area (TPSA) is 98.1 Å². The zero-order valence-corrected chi connectivity index (χ0v) is 14.9. The van der Waals surface area contributed by atoms with E-state index in [0.29, 0.717) is 4.60 Å². The molecule has 0 aliphatic carbocycles. The van der Waals surface area contributed by atoms with E-state index in [1.165, 1.54) is 6.20 Å². The van der Waals surface area contributed by atoms with Crippen LogP contribution in [0.2, 0.25) is 0 Å². The van der Waals surface area contributed by atoms with Crippen LogP contribution in [-0.2, 0) is 6.42 Å². The van der Waals surface area contributed by atoms with Gasteiger partial charge in [-0.05, 0) is 40.4 Å². The largest absolute Gasteiger partial charge is 0.382 e. The van der Waals surface area contributed by atoms with E-state index in [0.717, 1.165) is 37.2 Å². The van der Waals surface area contributed by atoms with E-state index in [1.54, 1.807) is 0 Å². The highest BCUT2D eigenvalue weighted by atomic mass is 79.9. The number of aromatic nitrogens is 2. The van der Waals surface area contributed by atoms with Crippen molar-refractivity contribution in [1.29, 1.82) is 0 Å². The van der Waals surface area contributed by atoms with Gasteiger partial charge in [0.05, 0.1) is 6.20 Å². The van der Waals surface area contributed by atoms with Crippen LogP contribution < -0.4 is 16.4 Å².